The lowest BCUT2D eigenvalue weighted by Gasteiger charge is -2.07. The number of methoxy groups -OCH3 is 1. The molecule has 2 nitrogen and oxygen atoms in total. The average Bonchev–Trinajstić information content (AvgIpc) is 2.09. The molecule has 0 aromatic carbocycles. The lowest BCUT2D eigenvalue weighted by molar-refractivity contribution is 0.140. The molecule has 0 unspecified atom stereocenters. The maximum atomic E-state index is 13.1. The summed E-state index contributed by atoms with van der Waals surface area (Å²) in [7, 11) is 1.13. The molecular formula is C7H5F3INO. The van der Waals surface area contributed by atoms with Crippen LogP contribution in [-0.2, 0) is 0 Å². The van der Waals surface area contributed by atoms with Crippen LogP contribution in [0.15, 0.2) is 6.20 Å². The fourth-order valence-electron chi connectivity index (χ4n) is 0.812. The van der Waals surface area contributed by atoms with Crippen LogP contribution in [0.5, 0.6) is 5.75 Å². The molecule has 0 aliphatic carbocycles. The van der Waals surface area contributed by atoms with Crippen LogP contribution in [0.25, 0.3) is 0 Å². The zero-order chi connectivity index (χ0) is 10.0. The summed E-state index contributed by atoms with van der Waals surface area (Å²) in [5, 5.41) is 0. The van der Waals surface area contributed by atoms with Gasteiger partial charge in [0.05, 0.1) is 10.7 Å². The second-order valence-corrected chi connectivity index (χ2v) is 3.30. The molecule has 0 aliphatic rings. The van der Waals surface area contributed by atoms with Crippen LogP contribution in [0.1, 0.15) is 12.1 Å². The van der Waals surface area contributed by atoms with Crippen molar-refractivity contribution >= 4 is 22.6 Å². The lowest BCUT2D eigenvalue weighted by atomic mass is 10.3. The highest BCUT2D eigenvalue weighted by atomic mass is 127. The van der Waals surface area contributed by atoms with Gasteiger partial charge in [0, 0.05) is 6.20 Å². The van der Waals surface area contributed by atoms with Gasteiger partial charge in [-0.25, -0.2) is 13.2 Å². The largest absolute Gasteiger partial charge is 0.492 e. The van der Waals surface area contributed by atoms with E-state index < -0.39 is 23.7 Å². The highest BCUT2D eigenvalue weighted by molar-refractivity contribution is 14.1. The van der Waals surface area contributed by atoms with Crippen molar-refractivity contribution in [1.29, 1.82) is 0 Å². The summed E-state index contributed by atoms with van der Waals surface area (Å²) in [6.45, 7) is 0. The SMILES string of the molecule is COc1c(C(F)F)ncc(I)c1F. The van der Waals surface area contributed by atoms with Gasteiger partial charge in [-0.2, -0.15) is 0 Å². The number of nitrogens with zero attached hydrogens (tertiary/aromatic N) is 1. The van der Waals surface area contributed by atoms with E-state index in [1.54, 1.807) is 22.6 Å². The van der Waals surface area contributed by atoms with Gasteiger partial charge < -0.3 is 4.74 Å². The Morgan fingerprint density at radius 2 is 2.15 bits per heavy atom. The van der Waals surface area contributed by atoms with Gasteiger partial charge in [0.1, 0.15) is 0 Å². The molecule has 0 fully saturated rings. The summed E-state index contributed by atoms with van der Waals surface area (Å²) in [4.78, 5) is 3.39. The average molecular weight is 303 g/mol. The molecule has 0 aliphatic heterocycles. The fourth-order valence-corrected chi connectivity index (χ4v) is 1.20. The topological polar surface area (TPSA) is 22.1 Å². The van der Waals surface area contributed by atoms with Gasteiger partial charge in [-0.1, -0.05) is 0 Å². The van der Waals surface area contributed by atoms with Crippen LogP contribution in [0.3, 0.4) is 0 Å². The highest BCUT2D eigenvalue weighted by Crippen LogP contribution is 2.31. The Morgan fingerprint density at radius 3 is 2.62 bits per heavy atom. The van der Waals surface area contributed by atoms with E-state index in [1.165, 1.54) is 0 Å². The monoisotopic (exact) mass is 303 g/mol. The second kappa shape index (κ2) is 4.12. The molecule has 6 heteroatoms. The van der Waals surface area contributed by atoms with Gasteiger partial charge in [-0.05, 0) is 22.6 Å². The third kappa shape index (κ3) is 2.04. The Labute approximate surface area is 86.3 Å². The molecule has 0 bridgehead atoms. The first-order valence-corrected chi connectivity index (χ1v) is 4.31. The van der Waals surface area contributed by atoms with E-state index in [4.69, 9.17) is 0 Å². The Balaban J connectivity index is 3.30. The van der Waals surface area contributed by atoms with Crippen molar-refractivity contribution in [3.05, 3.63) is 21.3 Å². The number of rotatable bonds is 2. The molecule has 1 heterocycles. The molecule has 1 aromatic rings. The van der Waals surface area contributed by atoms with E-state index in [0.717, 1.165) is 13.3 Å². The molecular weight excluding hydrogens is 298 g/mol. The summed E-state index contributed by atoms with van der Waals surface area (Å²) in [6, 6.07) is 0. The third-order valence-corrected chi connectivity index (χ3v) is 2.12. The summed E-state index contributed by atoms with van der Waals surface area (Å²) < 4.78 is 42.2. The van der Waals surface area contributed by atoms with Crippen LogP contribution >= 0.6 is 22.6 Å². The van der Waals surface area contributed by atoms with Crippen LogP contribution < -0.4 is 4.74 Å². The minimum atomic E-state index is -2.83. The smallest absolute Gasteiger partial charge is 0.284 e. The standard InChI is InChI=1S/C7H5F3INO/c1-13-6-4(8)3(11)2-12-5(6)7(9)10/h2,7H,1H3. The second-order valence-electron chi connectivity index (χ2n) is 2.14. The van der Waals surface area contributed by atoms with Crippen LogP contribution in [0.4, 0.5) is 13.2 Å². The normalized spacial score (nSPS) is 10.6. The number of ether oxygens (including phenoxy) is 1. The summed E-state index contributed by atoms with van der Waals surface area (Å²) >= 11 is 1.65. The molecule has 0 saturated heterocycles. The number of halogens is 4. The fraction of sp³-hybridized carbons (Fsp3) is 0.286. The number of alkyl halides is 2. The van der Waals surface area contributed by atoms with E-state index in [0.29, 0.717) is 0 Å². The number of hydrogen-bond acceptors (Lipinski definition) is 2. The molecule has 0 atom stereocenters. The number of hydrogen-bond donors (Lipinski definition) is 0. The Morgan fingerprint density at radius 1 is 1.54 bits per heavy atom. The van der Waals surface area contributed by atoms with Gasteiger partial charge >= 0.3 is 0 Å². The van der Waals surface area contributed by atoms with Crippen molar-refractivity contribution in [2.24, 2.45) is 0 Å². The molecule has 0 spiro atoms. The number of pyridine rings is 1. The maximum Gasteiger partial charge on any atom is 0.284 e. The molecule has 1 rings (SSSR count). The van der Waals surface area contributed by atoms with Crippen molar-refractivity contribution in [3.8, 4) is 5.75 Å². The van der Waals surface area contributed by atoms with Crippen molar-refractivity contribution in [3.63, 3.8) is 0 Å². The maximum absolute atomic E-state index is 13.1. The van der Waals surface area contributed by atoms with Crippen molar-refractivity contribution in [2.45, 2.75) is 6.43 Å². The zero-order valence-corrected chi connectivity index (χ0v) is 8.68. The first-order chi connectivity index (χ1) is 6.07. The van der Waals surface area contributed by atoms with Gasteiger partial charge in [-0.3, -0.25) is 4.98 Å². The molecule has 72 valence electrons. The Hall–Kier alpha value is -0.530. The summed E-state index contributed by atoms with van der Waals surface area (Å²) in [5.74, 6) is -1.28. The predicted molar refractivity (Wildman–Crippen MR) is 48.4 cm³/mol. The van der Waals surface area contributed by atoms with E-state index in [9.17, 15) is 13.2 Å². The van der Waals surface area contributed by atoms with Crippen LogP contribution in [0.2, 0.25) is 0 Å². The minimum absolute atomic E-state index is 0.152. The highest BCUT2D eigenvalue weighted by Gasteiger charge is 2.20. The molecule has 0 saturated carbocycles. The minimum Gasteiger partial charge on any atom is -0.492 e. The summed E-state index contributed by atoms with van der Waals surface area (Å²) in [6.07, 6.45) is -1.79. The Kier molecular flexibility index (Phi) is 3.34. The first-order valence-electron chi connectivity index (χ1n) is 3.24. The first kappa shape index (κ1) is 10.6. The van der Waals surface area contributed by atoms with Gasteiger partial charge in [0.2, 0.25) is 0 Å². The predicted octanol–water partition coefficient (Wildman–Crippen LogP) is 2.77. The zero-order valence-electron chi connectivity index (χ0n) is 6.52. The third-order valence-electron chi connectivity index (χ3n) is 1.37. The van der Waals surface area contributed by atoms with E-state index in [-0.39, 0.29) is 3.57 Å². The molecule has 0 N–H and O–H groups in total. The van der Waals surface area contributed by atoms with Crippen LogP contribution in [-0.4, -0.2) is 12.1 Å². The quantitative estimate of drug-likeness (QED) is 0.784. The molecule has 0 amide bonds. The summed E-state index contributed by atoms with van der Waals surface area (Å²) in [5.41, 5.74) is -0.666. The molecule has 0 radical (unpaired) electrons. The van der Waals surface area contributed by atoms with E-state index in [2.05, 4.69) is 9.72 Å². The Bertz CT molecular complexity index is 319. The van der Waals surface area contributed by atoms with E-state index in [1.807, 2.05) is 0 Å². The molecule has 13 heavy (non-hydrogen) atoms. The van der Waals surface area contributed by atoms with E-state index >= 15 is 0 Å². The van der Waals surface area contributed by atoms with Gasteiger partial charge in [0.15, 0.2) is 17.3 Å². The number of aromatic nitrogens is 1. The van der Waals surface area contributed by atoms with Crippen molar-refractivity contribution < 1.29 is 17.9 Å². The van der Waals surface area contributed by atoms with Gasteiger partial charge in [-0.15, -0.1) is 0 Å². The van der Waals surface area contributed by atoms with Gasteiger partial charge in [0.25, 0.3) is 6.43 Å². The lowest BCUT2D eigenvalue weighted by Crippen LogP contribution is -2.01. The van der Waals surface area contributed by atoms with Crippen molar-refractivity contribution in [1.82, 2.24) is 4.98 Å². The molecule has 1 aromatic heterocycles. The van der Waals surface area contributed by atoms with Crippen molar-refractivity contribution in [2.75, 3.05) is 7.11 Å². The van der Waals surface area contributed by atoms with Crippen LogP contribution in [0, 0.1) is 9.39 Å².